The Balaban J connectivity index is 2.14. The number of halogens is 4. The zero-order valence-corrected chi connectivity index (χ0v) is 15.6. The normalized spacial score (nSPS) is 11.8. The van der Waals surface area contributed by atoms with Crippen molar-refractivity contribution >= 4 is 34.8 Å². The lowest BCUT2D eigenvalue weighted by molar-refractivity contribution is -0.138. The van der Waals surface area contributed by atoms with Crippen LogP contribution < -0.4 is 10.6 Å². The molecule has 8 heteroatoms. The van der Waals surface area contributed by atoms with Crippen LogP contribution in [0.3, 0.4) is 0 Å². The molecule has 0 aliphatic heterocycles. The standard InChI is InChI=1S/C19H18ClF3N2O2/c1-11-7-8-14(10-15(11)20)25-17(27)18(2,3)16(26)24-13-6-4-5-12(9-13)19(21,22)23/h4-10H,1-3H3,(H,24,26)(H,25,27). The van der Waals surface area contributed by atoms with E-state index >= 15 is 0 Å². The van der Waals surface area contributed by atoms with Crippen LogP contribution >= 0.6 is 11.6 Å². The lowest BCUT2D eigenvalue weighted by atomic mass is 9.90. The molecule has 2 aromatic rings. The van der Waals surface area contributed by atoms with Crippen molar-refractivity contribution in [3.05, 3.63) is 58.6 Å². The summed E-state index contributed by atoms with van der Waals surface area (Å²) in [7, 11) is 0. The number of rotatable bonds is 4. The summed E-state index contributed by atoms with van der Waals surface area (Å²) in [6, 6.07) is 9.12. The fraction of sp³-hybridized carbons (Fsp3) is 0.263. The number of nitrogens with one attached hydrogen (secondary N) is 2. The molecule has 144 valence electrons. The highest BCUT2D eigenvalue weighted by Gasteiger charge is 2.37. The van der Waals surface area contributed by atoms with Gasteiger partial charge in [0.25, 0.3) is 0 Å². The minimum Gasteiger partial charge on any atom is -0.325 e. The molecule has 4 nitrogen and oxygen atoms in total. The summed E-state index contributed by atoms with van der Waals surface area (Å²) in [5.74, 6) is -1.36. The summed E-state index contributed by atoms with van der Waals surface area (Å²) in [6.45, 7) is 4.56. The van der Waals surface area contributed by atoms with Gasteiger partial charge in [-0.2, -0.15) is 13.2 Å². The van der Waals surface area contributed by atoms with Crippen LogP contribution in [-0.2, 0) is 15.8 Å². The number of carbonyl (C=O) groups excluding carboxylic acids is 2. The van der Waals surface area contributed by atoms with Crippen molar-refractivity contribution in [2.75, 3.05) is 10.6 Å². The third kappa shape index (κ3) is 5.01. The number of hydrogen-bond donors (Lipinski definition) is 2. The molecule has 0 spiro atoms. The van der Waals surface area contributed by atoms with Gasteiger partial charge in [0.05, 0.1) is 5.56 Å². The maximum Gasteiger partial charge on any atom is 0.416 e. The summed E-state index contributed by atoms with van der Waals surface area (Å²) in [4.78, 5) is 25.0. The molecule has 0 aromatic heterocycles. The molecule has 0 saturated heterocycles. The third-order valence-corrected chi connectivity index (χ3v) is 4.42. The van der Waals surface area contributed by atoms with Gasteiger partial charge in [-0.1, -0.05) is 23.7 Å². The van der Waals surface area contributed by atoms with Crippen LogP contribution in [-0.4, -0.2) is 11.8 Å². The first-order chi connectivity index (χ1) is 12.4. The van der Waals surface area contributed by atoms with Gasteiger partial charge < -0.3 is 10.6 Å². The molecule has 0 atom stereocenters. The third-order valence-electron chi connectivity index (χ3n) is 4.01. The predicted molar refractivity (Wildman–Crippen MR) is 98.7 cm³/mol. The summed E-state index contributed by atoms with van der Waals surface area (Å²) >= 11 is 6.01. The number of anilines is 2. The Morgan fingerprint density at radius 3 is 2.00 bits per heavy atom. The largest absolute Gasteiger partial charge is 0.416 e. The Hall–Kier alpha value is -2.54. The molecule has 0 aliphatic rings. The number of amides is 2. The van der Waals surface area contributed by atoms with Crippen LogP contribution in [0.5, 0.6) is 0 Å². The van der Waals surface area contributed by atoms with Crippen LogP contribution in [0.15, 0.2) is 42.5 Å². The van der Waals surface area contributed by atoms with E-state index in [0.717, 1.165) is 17.7 Å². The number of aryl methyl sites for hydroxylation is 1. The van der Waals surface area contributed by atoms with Crippen molar-refractivity contribution < 1.29 is 22.8 Å². The molecule has 0 heterocycles. The Labute approximate surface area is 159 Å². The van der Waals surface area contributed by atoms with E-state index in [-0.39, 0.29) is 5.69 Å². The number of hydrogen-bond acceptors (Lipinski definition) is 2. The smallest absolute Gasteiger partial charge is 0.325 e. The minimum absolute atomic E-state index is 0.0471. The van der Waals surface area contributed by atoms with Crippen molar-refractivity contribution in [2.45, 2.75) is 26.9 Å². The van der Waals surface area contributed by atoms with Crippen molar-refractivity contribution in [1.29, 1.82) is 0 Å². The average Bonchev–Trinajstić information content (AvgIpc) is 2.57. The Bertz CT molecular complexity index is 879. The first-order valence-corrected chi connectivity index (χ1v) is 8.35. The molecular weight excluding hydrogens is 381 g/mol. The molecule has 0 fully saturated rings. The molecule has 0 saturated carbocycles. The molecule has 0 unspecified atom stereocenters. The number of benzene rings is 2. The fourth-order valence-corrected chi connectivity index (χ4v) is 2.30. The molecule has 2 N–H and O–H groups in total. The van der Waals surface area contributed by atoms with Gasteiger partial charge in [-0.3, -0.25) is 9.59 Å². The van der Waals surface area contributed by atoms with Crippen LogP contribution in [0.25, 0.3) is 0 Å². The Kier molecular flexibility index (Phi) is 5.85. The van der Waals surface area contributed by atoms with E-state index in [2.05, 4.69) is 10.6 Å². The van der Waals surface area contributed by atoms with E-state index in [1.54, 1.807) is 25.1 Å². The zero-order valence-electron chi connectivity index (χ0n) is 14.9. The maximum absolute atomic E-state index is 12.8. The van der Waals surface area contributed by atoms with Crippen molar-refractivity contribution in [3.63, 3.8) is 0 Å². The lowest BCUT2D eigenvalue weighted by Crippen LogP contribution is -2.41. The summed E-state index contributed by atoms with van der Waals surface area (Å²) in [5.41, 5.74) is -1.23. The lowest BCUT2D eigenvalue weighted by Gasteiger charge is -2.23. The second-order valence-electron chi connectivity index (χ2n) is 6.58. The molecule has 0 radical (unpaired) electrons. The minimum atomic E-state index is -4.53. The van der Waals surface area contributed by atoms with Gasteiger partial charge >= 0.3 is 6.18 Å². The second-order valence-corrected chi connectivity index (χ2v) is 6.98. The second kappa shape index (κ2) is 7.60. The van der Waals surface area contributed by atoms with Gasteiger partial charge in [-0.15, -0.1) is 0 Å². The fourth-order valence-electron chi connectivity index (χ4n) is 2.12. The topological polar surface area (TPSA) is 58.2 Å². The molecule has 0 bridgehead atoms. The van der Waals surface area contributed by atoms with Crippen molar-refractivity contribution in [2.24, 2.45) is 5.41 Å². The van der Waals surface area contributed by atoms with E-state index in [9.17, 15) is 22.8 Å². The highest BCUT2D eigenvalue weighted by molar-refractivity contribution is 6.31. The van der Waals surface area contributed by atoms with E-state index in [0.29, 0.717) is 10.7 Å². The highest BCUT2D eigenvalue weighted by Crippen LogP contribution is 2.31. The molecule has 2 amide bonds. The van der Waals surface area contributed by atoms with Crippen molar-refractivity contribution in [1.82, 2.24) is 0 Å². The van der Waals surface area contributed by atoms with Gasteiger partial charge in [0.15, 0.2) is 0 Å². The summed E-state index contributed by atoms with van der Waals surface area (Å²) in [5, 5.41) is 5.40. The average molecular weight is 399 g/mol. The number of alkyl halides is 3. The SMILES string of the molecule is Cc1ccc(NC(=O)C(C)(C)C(=O)Nc2cccc(C(F)(F)F)c2)cc1Cl. The maximum atomic E-state index is 12.8. The molecule has 0 aliphatic carbocycles. The van der Waals surface area contributed by atoms with E-state index < -0.39 is 29.0 Å². The van der Waals surface area contributed by atoms with Crippen LogP contribution in [0, 0.1) is 12.3 Å². The highest BCUT2D eigenvalue weighted by atomic mass is 35.5. The molecule has 2 rings (SSSR count). The summed E-state index contributed by atoms with van der Waals surface area (Å²) < 4.78 is 38.3. The van der Waals surface area contributed by atoms with Gasteiger partial charge in [-0.25, -0.2) is 0 Å². The van der Waals surface area contributed by atoms with Gasteiger partial charge in [0.2, 0.25) is 11.8 Å². The van der Waals surface area contributed by atoms with E-state index in [1.807, 2.05) is 0 Å². The summed E-state index contributed by atoms with van der Waals surface area (Å²) in [6.07, 6.45) is -4.53. The number of carbonyl (C=O) groups is 2. The van der Waals surface area contributed by atoms with Crippen LogP contribution in [0.1, 0.15) is 25.0 Å². The van der Waals surface area contributed by atoms with Crippen LogP contribution in [0.2, 0.25) is 5.02 Å². The Morgan fingerprint density at radius 1 is 0.926 bits per heavy atom. The predicted octanol–water partition coefficient (Wildman–Crippen LogP) is 5.27. The Morgan fingerprint density at radius 2 is 1.48 bits per heavy atom. The van der Waals surface area contributed by atoms with Crippen molar-refractivity contribution in [3.8, 4) is 0 Å². The molecular formula is C19H18ClF3N2O2. The van der Waals surface area contributed by atoms with Crippen LogP contribution in [0.4, 0.5) is 24.5 Å². The molecule has 27 heavy (non-hydrogen) atoms. The van der Waals surface area contributed by atoms with E-state index in [4.69, 9.17) is 11.6 Å². The van der Waals surface area contributed by atoms with Gasteiger partial charge in [-0.05, 0) is 56.7 Å². The quantitative estimate of drug-likeness (QED) is 0.689. The monoisotopic (exact) mass is 398 g/mol. The zero-order chi connectivity index (χ0) is 20.4. The first-order valence-electron chi connectivity index (χ1n) is 7.97. The van der Waals surface area contributed by atoms with Gasteiger partial charge in [0.1, 0.15) is 5.41 Å². The van der Waals surface area contributed by atoms with E-state index in [1.165, 1.54) is 26.0 Å². The van der Waals surface area contributed by atoms with Gasteiger partial charge in [0, 0.05) is 16.4 Å². The molecule has 2 aromatic carbocycles. The first kappa shape index (κ1) is 20.8.